The predicted molar refractivity (Wildman–Crippen MR) is 57.3 cm³/mol. The molecule has 0 saturated heterocycles. The second kappa shape index (κ2) is 5.15. The molecule has 1 aromatic rings. The van der Waals surface area contributed by atoms with E-state index < -0.39 is 0 Å². The molecule has 0 unspecified atom stereocenters. The van der Waals surface area contributed by atoms with Crippen LogP contribution in [-0.2, 0) is 10.2 Å². The fourth-order valence-electron chi connectivity index (χ4n) is 1.33. The molecular formula is C11H20N2O. The highest BCUT2D eigenvalue weighted by Gasteiger charge is 2.21. The summed E-state index contributed by atoms with van der Waals surface area (Å²) in [7, 11) is 0. The summed E-state index contributed by atoms with van der Waals surface area (Å²) in [4.78, 5) is 7.26. The van der Waals surface area contributed by atoms with Gasteiger partial charge < -0.3 is 9.72 Å². The molecule has 3 heteroatoms. The Morgan fingerprint density at radius 3 is 2.79 bits per heavy atom. The Labute approximate surface area is 85.9 Å². The van der Waals surface area contributed by atoms with Crippen molar-refractivity contribution in [2.24, 2.45) is 0 Å². The standard InChI is InChI=1S/C11H20N2O/c1-4-6-14-7-5-11(2,3)10-8-12-9-13-10/h8-9H,4-7H2,1-3H3,(H,12,13). The number of ether oxygens (including phenoxy) is 1. The van der Waals surface area contributed by atoms with Crippen molar-refractivity contribution in [1.82, 2.24) is 9.97 Å². The van der Waals surface area contributed by atoms with Crippen molar-refractivity contribution in [1.29, 1.82) is 0 Å². The molecule has 14 heavy (non-hydrogen) atoms. The molecule has 0 fully saturated rings. The van der Waals surface area contributed by atoms with Crippen molar-refractivity contribution in [2.45, 2.75) is 39.0 Å². The lowest BCUT2D eigenvalue weighted by Gasteiger charge is -2.21. The third-order valence-electron chi connectivity index (χ3n) is 2.41. The molecule has 0 aliphatic rings. The van der Waals surface area contributed by atoms with Crippen LogP contribution in [0.4, 0.5) is 0 Å². The number of imidazole rings is 1. The van der Waals surface area contributed by atoms with Gasteiger partial charge in [-0.05, 0) is 12.8 Å². The highest BCUT2D eigenvalue weighted by Crippen LogP contribution is 2.24. The second-order valence-electron chi connectivity index (χ2n) is 4.20. The molecule has 0 spiro atoms. The van der Waals surface area contributed by atoms with Crippen LogP contribution >= 0.6 is 0 Å². The Morgan fingerprint density at radius 1 is 1.43 bits per heavy atom. The van der Waals surface area contributed by atoms with Gasteiger partial charge in [-0.25, -0.2) is 4.98 Å². The Kier molecular flexibility index (Phi) is 4.14. The first-order valence-corrected chi connectivity index (χ1v) is 5.24. The van der Waals surface area contributed by atoms with Crippen molar-refractivity contribution >= 4 is 0 Å². The van der Waals surface area contributed by atoms with Crippen LogP contribution in [-0.4, -0.2) is 23.2 Å². The third kappa shape index (κ3) is 3.14. The summed E-state index contributed by atoms with van der Waals surface area (Å²) < 4.78 is 5.48. The quantitative estimate of drug-likeness (QED) is 0.710. The Hall–Kier alpha value is -0.830. The molecule has 0 radical (unpaired) electrons. The van der Waals surface area contributed by atoms with Gasteiger partial charge in [0, 0.05) is 24.8 Å². The van der Waals surface area contributed by atoms with E-state index in [9.17, 15) is 0 Å². The zero-order chi connectivity index (χ0) is 10.4. The molecule has 0 aliphatic heterocycles. The number of hydrogen-bond donors (Lipinski definition) is 1. The summed E-state index contributed by atoms with van der Waals surface area (Å²) in [6.07, 6.45) is 5.78. The fourth-order valence-corrected chi connectivity index (χ4v) is 1.33. The lowest BCUT2D eigenvalue weighted by atomic mass is 9.86. The van der Waals surface area contributed by atoms with Crippen LogP contribution in [0.5, 0.6) is 0 Å². The molecule has 1 rings (SSSR count). The Balaban J connectivity index is 2.35. The van der Waals surface area contributed by atoms with E-state index >= 15 is 0 Å². The van der Waals surface area contributed by atoms with Gasteiger partial charge in [0.25, 0.3) is 0 Å². The van der Waals surface area contributed by atoms with E-state index in [-0.39, 0.29) is 5.41 Å². The minimum absolute atomic E-state index is 0.105. The van der Waals surface area contributed by atoms with Crippen LogP contribution in [0.15, 0.2) is 12.5 Å². The van der Waals surface area contributed by atoms with Crippen LogP contribution in [0.1, 0.15) is 39.3 Å². The summed E-state index contributed by atoms with van der Waals surface area (Å²) >= 11 is 0. The molecular weight excluding hydrogens is 176 g/mol. The number of hydrogen-bond acceptors (Lipinski definition) is 2. The first-order valence-electron chi connectivity index (χ1n) is 5.24. The summed E-state index contributed by atoms with van der Waals surface area (Å²) in [5, 5.41) is 0. The molecule has 0 aromatic carbocycles. The zero-order valence-corrected chi connectivity index (χ0v) is 9.34. The molecule has 0 bridgehead atoms. The van der Waals surface area contributed by atoms with E-state index in [4.69, 9.17) is 4.74 Å². The number of aromatic amines is 1. The van der Waals surface area contributed by atoms with Crippen LogP contribution in [0.25, 0.3) is 0 Å². The maximum atomic E-state index is 5.48. The molecule has 1 aromatic heterocycles. The van der Waals surface area contributed by atoms with Crippen LogP contribution < -0.4 is 0 Å². The molecule has 0 aliphatic carbocycles. The third-order valence-corrected chi connectivity index (χ3v) is 2.41. The number of H-pyrrole nitrogens is 1. The van der Waals surface area contributed by atoms with Crippen molar-refractivity contribution in [3.63, 3.8) is 0 Å². The monoisotopic (exact) mass is 196 g/mol. The minimum atomic E-state index is 0.105. The van der Waals surface area contributed by atoms with Gasteiger partial charge in [-0.2, -0.15) is 0 Å². The van der Waals surface area contributed by atoms with E-state index in [1.165, 1.54) is 0 Å². The van der Waals surface area contributed by atoms with Gasteiger partial charge in [0.2, 0.25) is 0 Å². The Morgan fingerprint density at radius 2 is 2.21 bits per heavy atom. The SMILES string of the molecule is CCCOCCC(C)(C)c1c[nH]cn1. The van der Waals surface area contributed by atoms with Crippen molar-refractivity contribution in [2.75, 3.05) is 13.2 Å². The number of nitrogens with zero attached hydrogens (tertiary/aromatic N) is 1. The summed E-state index contributed by atoms with van der Waals surface area (Å²) in [6.45, 7) is 8.18. The van der Waals surface area contributed by atoms with Crippen molar-refractivity contribution < 1.29 is 4.74 Å². The molecule has 1 heterocycles. The van der Waals surface area contributed by atoms with Gasteiger partial charge >= 0.3 is 0 Å². The van der Waals surface area contributed by atoms with E-state index in [0.717, 1.165) is 31.7 Å². The normalized spacial score (nSPS) is 11.9. The first-order chi connectivity index (χ1) is 6.67. The second-order valence-corrected chi connectivity index (χ2v) is 4.20. The highest BCUT2D eigenvalue weighted by molar-refractivity contribution is 5.09. The summed E-state index contributed by atoms with van der Waals surface area (Å²) in [6, 6.07) is 0. The van der Waals surface area contributed by atoms with E-state index in [1.807, 2.05) is 6.20 Å². The van der Waals surface area contributed by atoms with Crippen LogP contribution in [0, 0.1) is 0 Å². The molecule has 0 amide bonds. The average Bonchev–Trinajstić information content (AvgIpc) is 2.65. The predicted octanol–water partition coefficient (Wildman–Crippen LogP) is 2.50. The number of rotatable bonds is 6. The summed E-state index contributed by atoms with van der Waals surface area (Å²) in [5.74, 6) is 0. The van der Waals surface area contributed by atoms with Gasteiger partial charge in [0.05, 0.1) is 12.0 Å². The lowest BCUT2D eigenvalue weighted by Crippen LogP contribution is -2.20. The maximum absolute atomic E-state index is 5.48. The zero-order valence-electron chi connectivity index (χ0n) is 9.34. The molecule has 0 saturated carbocycles. The highest BCUT2D eigenvalue weighted by atomic mass is 16.5. The fraction of sp³-hybridized carbons (Fsp3) is 0.727. The average molecular weight is 196 g/mol. The molecule has 80 valence electrons. The Bertz CT molecular complexity index is 242. The number of aromatic nitrogens is 2. The number of nitrogens with one attached hydrogen (secondary N) is 1. The summed E-state index contributed by atoms with van der Waals surface area (Å²) in [5.41, 5.74) is 1.21. The van der Waals surface area contributed by atoms with E-state index in [1.54, 1.807) is 6.33 Å². The smallest absolute Gasteiger partial charge is 0.0923 e. The van der Waals surface area contributed by atoms with Gasteiger partial charge in [0.1, 0.15) is 0 Å². The van der Waals surface area contributed by atoms with Crippen LogP contribution in [0.3, 0.4) is 0 Å². The molecule has 0 atom stereocenters. The van der Waals surface area contributed by atoms with Gasteiger partial charge in [-0.1, -0.05) is 20.8 Å². The first kappa shape index (κ1) is 11.2. The maximum Gasteiger partial charge on any atom is 0.0923 e. The van der Waals surface area contributed by atoms with Gasteiger partial charge in [-0.15, -0.1) is 0 Å². The lowest BCUT2D eigenvalue weighted by molar-refractivity contribution is 0.118. The van der Waals surface area contributed by atoms with Gasteiger partial charge in [0.15, 0.2) is 0 Å². The molecule has 1 N–H and O–H groups in total. The van der Waals surface area contributed by atoms with E-state index in [0.29, 0.717) is 0 Å². The largest absolute Gasteiger partial charge is 0.381 e. The van der Waals surface area contributed by atoms with Crippen LogP contribution in [0.2, 0.25) is 0 Å². The minimum Gasteiger partial charge on any atom is -0.381 e. The van der Waals surface area contributed by atoms with Gasteiger partial charge in [-0.3, -0.25) is 0 Å². The van der Waals surface area contributed by atoms with Crippen molar-refractivity contribution in [3.05, 3.63) is 18.2 Å². The topological polar surface area (TPSA) is 37.9 Å². The van der Waals surface area contributed by atoms with Crippen molar-refractivity contribution in [3.8, 4) is 0 Å². The van der Waals surface area contributed by atoms with E-state index in [2.05, 4.69) is 30.7 Å². The molecule has 3 nitrogen and oxygen atoms in total.